The highest BCUT2D eigenvalue weighted by Gasteiger charge is 2.19. The van der Waals surface area contributed by atoms with Gasteiger partial charge in [0, 0.05) is 10.2 Å². The molecule has 1 aromatic heterocycles. The second kappa shape index (κ2) is 7.06. The van der Waals surface area contributed by atoms with Crippen molar-refractivity contribution in [2.24, 2.45) is 0 Å². The van der Waals surface area contributed by atoms with Crippen molar-refractivity contribution in [1.29, 1.82) is 0 Å². The maximum atomic E-state index is 10.9. The smallest absolute Gasteiger partial charge is 0.313 e. The number of benzene rings is 2. The van der Waals surface area contributed by atoms with Gasteiger partial charge in [-0.1, -0.05) is 45.9 Å². The van der Waals surface area contributed by atoms with Crippen LogP contribution in [-0.2, 0) is 4.79 Å². The van der Waals surface area contributed by atoms with E-state index in [1.165, 1.54) is 0 Å². The number of thioether (sulfide) groups is 1. The highest BCUT2D eigenvalue weighted by Crippen LogP contribution is 2.34. The van der Waals surface area contributed by atoms with Crippen LogP contribution in [0.2, 0.25) is 0 Å². The summed E-state index contributed by atoms with van der Waals surface area (Å²) < 4.78 is 2.52. The molecule has 8 heteroatoms. The number of phenols is 1. The van der Waals surface area contributed by atoms with Crippen LogP contribution in [0.4, 0.5) is 0 Å². The van der Waals surface area contributed by atoms with Crippen LogP contribution in [0.5, 0.6) is 5.75 Å². The SMILES string of the molecule is O=C(O)CSc1nnc(-c2cc(Br)ccc2O)n1-c1ccccc1. The molecule has 6 nitrogen and oxygen atoms in total. The van der Waals surface area contributed by atoms with Gasteiger partial charge in [-0.2, -0.15) is 0 Å². The van der Waals surface area contributed by atoms with Gasteiger partial charge in [-0.25, -0.2) is 0 Å². The zero-order valence-corrected chi connectivity index (χ0v) is 14.7. The molecular formula is C16H12BrN3O3S. The zero-order chi connectivity index (χ0) is 17.1. The summed E-state index contributed by atoms with van der Waals surface area (Å²) in [5.41, 5.74) is 1.28. The van der Waals surface area contributed by atoms with Gasteiger partial charge in [-0.3, -0.25) is 9.36 Å². The minimum Gasteiger partial charge on any atom is -0.507 e. The molecule has 0 aliphatic rings. The third-order valence-electron chi connectivity index (χ3n) is 3.17. The van der Waals surface area contributed by atoms with E-state index in [4.69, 9.17) is 5.11 Å². The number of hydrogen-bond donors (Lipinski definition) is 2. The van der Waals surface area contributed by atoms with Crippen molar-refractivity contribution >= 4 is 33.7 Å². The Balaban J connectivity index is 2.16. The van der Waals surface area contributed by atoms with Crippen molar-refractivity contribution < 1.29 is 15.0 Å². The van der Waals surface area contributed by atoms with Gasteiger partial charge >= 0.3 is 5.97 Å². The van der Waals surface area contributed by atoms with Gasteiger partial charge in [0.05, 0.1) is 11.3 Å². The summed E-state index contributed by atoms with van der Waals surface area (Å²) in [5.74, 6) is -0.560. The predicted molar refractivity (Wildman–Crippen MR) is 94.5 cm³/mol. The van der Waals surface area contributed by atoms with Crippen LogP contribution in [0.3, 0.4) is 0 Å². The van der Waals surface area contributed by atoms with Gasteiger partial charge in [-0.05, 0) is 30.3 Å². The number of carboxylic acids is 1. The quantitative estimate of drug-likeness (QED) is 0.630. The lowest BCUT2D eigenvalue weighted by molar-refractivity contribution is -0.133. The molecule has 3 aromatic rings. The molecule has 0 bridgehead atoms. The van der Waals surface area contributed by atoms with Crippen LogP contribution in [0.15, 0.2) is 58.2 Å². The van der Waals surface area contributed by atoms with Crippen molar-refractivity contribution in [2.75, 3.05) is 5.75 Å². The van der Waals surface area contributed by atoms with Crippen molar-refractivity contribution in [3.8, 4) is 22.8 Å². The molecule has 0 spiro atoms. The average Bonchev–Trinajstić information content (AvgIpc) is 2.99. The Morgan fingerprint density at radius 2 is 1.92 bits per heavy atom. The van der Waals surface area contributed by atoms with Crippen molar-refractivity contribution in [2.45, 2.75) is 5.16 Å². The Morgan fingerprint density at radius 3 is 2.62 bits per heavy atom. The van der Waals surface area contributed by atoms with Gasteiger partial charge in [0.25, 0.3) is 0 Å². The van der Waals surface area contributed by atoms with Crippen molar-refractivity contribution in [3.05, 3.63) is 53.0 Å². The van der Waals surface area contributed by atoms with E-state index in [0.717, 1.165) is 21.9 Å². The molecule has 0 aliphatic heterocycles. The zero-order valence-electron chi connectivity index (χ0n) is 12.3. The molecule has 0 amide bonds. The standard InChI is InChI=1S/C16H12BrN3O3S/c17-10-6-7-13(21)12(8-10)15-18-19-16(24-9-14(22)23)20(15)11-4-2-1-3-5-11/h1-8,21H,9H2,(H,22,23). The minimum absolute atomic E-state index is 0.0672. The summed E-state index contributed by atoms with van der Waals surface area (Å²) in [6.45, 7) is 0. The highest BCUT2D eigenvalue weighted by atomic mass is 79.9. The van der Waals surface area contributed by atoms with Crippen LogP contribution in [0.1, 0.15) is 0 Å². The molecule has 0 fully saturated rings. The third kappa shape index (κ3) is 3.44. The number of aromatic nitrogens is 3. The first-order valence-electron chi connectivity index (χ1n) is 6.90. The van der Waals surface area contributed by atoms with Gasteiger partial charge in [0.1, 0.15) is 5.75 Å². The fourth-order valence-electron chi connectivity index (χ4n) is 2.16. The van der Waals surface area contributed by atoms with E-state index >= 15 is 0 Å². The first-order chi connectivity index (χ1) is 11.6. The van der Waals surface area contributed by atoms with Gasteiger partial charge in [0.15, 0.2) is 11.0 Å². The van der Waals surface area contributed by atoms with E-state index in [1.807, 2.05) is 30.3 Å². The molecule has 0 aliphatic carbocycles. The lowest BCUT2D eigenvalue weighted by Crippen LogP contribution is -2.03. The molecule has 0 unspecified atom stereocenters. The Bertz CT molecular complexity index is 884. The highest BCUT2D eigenvalue weighted by molar-refractivity contribution is 9.10. The molecule has 1 heterocycles. The molecule has 3 rings (SSSR count). The van der Waals surface area contributed by atoms with Gasteiger partial charge in [-0.15, -0.1) is 10.2 Å². The lowest BCUT2D eigenvalue weighted by Gasteiger charge is -2.11. The Morgan fingerprint density at radius 1 is 1.17 bits per heavy atom. The fraction of sp³-hybridized carbons (Fsp3) is 0.0625. The summed E-state index contributed by atoms with van der Waals surface area (Å²) >= 11 is 4.45. The topological polar surface area (TPSA) is 88.2 Å². The van der Waals surface area contributed by atoms with Crippen molar-refractivity contribution in [1.82, 2.24) is 14.8 Å². The van der Waals surface area contributed by atoms with Crippen LogP contribution in [-0.4, -0.2) is 36.7 Å². The minimum atomic E-state index is -0.936. The molecule has 122 valence electrons. The normalized spacial score (nSPS) is 10.7. The van der Waals surface area contributed by atoms with E-state index in [0.29, 0.717) is 16.5 Å². The van der Waals surface area contributed by atoms with Gasteiger partial charge in [0.2, 0.25) is 0 Å². The summed E-state index contributed by atoms with van der Waals surface area (Å²) in [6.07, 6.45) is 0. The summed E-state index contributed by atoms with van der Waals surface area (Å²) in [6, 6.07) is 14.4. The monoisotopic (exact) mass is 405 g/mol. The molecule has 2 N–H and O–H groups in total. The average molecular weight is 406 g/mol. The molecule has 0 atom stereocenters. The summed E-state index contributed by atoms with van der Waals surface area (Å²) in [4.78, 5) is 10.9. The Kier molecular flexibility index (Phi) is 4.86. The van der Waals surface area contributed by atoms with Crippen molar-refractivity contribution in [3.63, 3.8) is 0 Å². The summed E-state index contributed by atoms with van der Waals surface area (Å²) in [5, 5.41) is 27.8. The molecular weight excluding hydrogens is 394 g/mol. The molecule has 2 aromatic carbocycles. The summed E-state index contributed by atoms with van der Waals surface area (Å²) in [7, 11) is 0. The molecule has 24 heavy (non-hydrogen) atoms. The van der Waals surface area contributed by atoms with Crippen LogP contribution in [0.25, 0.3) is 17.1 Å². The Hall–Kier alpha value is -2.32. The maximum absolute atomic E-state index is 10.9. The molecule has 0 saturated heterocycles. The number of rotatable bonds is 5. The first kappa shape index (κ1) is 16.5. The number of aromatic hydroxyl groups is 1. The number of nitrogens with zero attached hydrogens (tertiary/aromatic N) is 3. The predicted octanol–water partition coefficient (Wildman–Crippen LogP) is 3.58. The number of halogens is 1. The fourth-order valence-corrected chi connectivity index (χ4v) is 3.19. The lowest BCUT2D eigenvalue weighted by atomic mass is 10.2. The largest absolute Gasteiger partial charge is 0.507 e. The number of aliphatic carboxylic acids is 1. The third-order valence-corrected chi connectivity index (χ3v) is 4.58. The second-order valence-corrected chi connectivity index (χ2v) is 6.68. The van der Waals surface area contributed by atoms with Crippen LogP contribution >= 0.6 is 27.7 Å². The van der Waals surface area contributed by atoms with E-state index in [1.54, 1.807) is 22.8 Å². The number of hydrogen-bond acceptors (Lipinski definition) is 5. The number of carboxylic acid groups (broad SMARTS) is 1. The first-order valence-corrected chi connectivity index (χ1v) is 8.68. The van der Waals surface area contributed by atoms with Gasteiger partial charge < -0.3 is 10.2 Å². The number of para-hydroxylation sites is 1. The Labute approximate surface area is 150 Å². The maximum Gasteiger partial charge on any atom is 0.313 e. The van der Waals surface area contributed by atoms with Crippen LogP contribution in [0, 0.1) is 0 Å². The van der Waals surface area contributed by atoms with E-state index in [-0.39, 0.29) is 11.5 Å². The molecule has 0 saturated carbocycles. The second-order valence-electron chi connectivity index (χ2n) is 4.82. The molecule has 0 radical (unpaired) electrons. The van der Waals surface area contributed by atoms with E-state index < -0.39 is 5.97 Å². The number of carbonyl (C=O) groups is 1. The van der Waals surface area contributed by atoms with E-state index in [2.05, 4.69) is 26.1 Å². The van der Waals surface area contributed by atoms with Crippen LogP contribution < -0.4 is 0 Å². The van der Waals surface area contributed by atoms with E-state index in [9.17, 15) is 9.90 Å². The number of phenolic OH excluding ortho intramolecular Hbond substituents is 1.